The van der Waals surface area contributed by atoms with Crippen LogP contribution in [-0.2, 0) is 4.79 Å². The summed E-state index contributed by atoms with van der Waals surface area (Å²) in [6.07, 6.45) is 2.40. The highest BCUT2D eigenvalue weighted by atomic mass is 16.3. The third kappa shape index (κ3) is 3.39. The van der Waals surface area contributed by atoms with Crippen molar-refractivity contribution in [2.24, 2.45) is 5.92 Å². The Balaban J connectivity index is 2.27. The van der Waals surface area contributed by atoms with Crippen LogP contribution in [0.15, 0.2) is 0 Å². The molecule has 0 aliphatic carbocycles. The first-order valence-corrected chi connectivity index (χ1v) is 5.56. The lowest BCUT2D eigenvalue weighted by Gasteiger charge is -2.29. The van der Waals surface area contributed by atoms with E-state index in [1.807, 2.05) is 13.8 Å². The Labute approximate surface area is 86.1 Å². The molecule has 3 nitrogen and oxygen atoms in total. The maximum absolute atomic E-state index is 11.6. The van der Waals surface area contributed by atoms with Gasteiger partial charge in [0.2, 0.25) is 0 Å². The number of ketones is 1. The van der Waals surface area contributed by atoms with Gasteiger partial charge in [-0.15, -0.1) is 0 Å². The predicted octanol–water partition coefficient (Wildman–Crippen LogP) is 1.06. The highest BCUT2D eigenvalue weighted by molar-refractivity contribution is 5.82. The lowest BCUT2D eigenvalue weighted by molar-refractivity contribution is -0.124. The van der Waals surface area contributed by atoms with E-state index < -0.39 is 0 Å². The molecule has 1 heterocycles. The number of aliphatic hydroxyl groups is 1. The number of carbonyl (C=O) groups is 1. The van der Waals surface area contributed by atoms with Crippen molar-refractivity contribution in [2.75, 3.05) is 19.6 Å². The van der Waals surface area contributed by atoms with Gasteiger partial charge in [-0.1, -0.05) is 13.8 Å². The first kappa shape index (κ1) is 11.7. The Morgan fingerprint density at radius 3 is 2.57 bits per heavy atom. The maximum Gasteiger partial charge on any atom is 0.149 e. The van der Waals surface area contributed by atoms with Gasteiger partial charge >= 0.3 is 0 Å². The largest absolute Gasteiger partial charge is 0.393 e. The SMILES string of the molecule is CCC(C)C(=O)CN1CCC(O)CC1. The molecular formula is C11H21NO2. The van der Waals surface area contributed by atoms with Gasteiger partial charge in [-0.3, -0.25) is 9.69 Å². The average molecular weight is 199 g/mol. The smallest absolute Gasteiger partial charge is 0.149 e. The van der Waals surface area contributed by atoms with Gasteiger partial charge < -0.3 is 5.11 Å². The summed E-state index contributed by atoms with van der Waals surface area (Å²) in [6.45, 7) is 6.33. The Kier molecular flexibility index (Phi) is 4.55. The summed E-state index contributed by atoms with van der Waals surface area (Å²) in [5.41, 5.74) is 0. The molecule has 1 unspecified atom stereocenters. The van der Waals surface area contributed by atoms with E-state index in [-0.39, 0.29) is 12.0 Å². The minimum absolute atomic E-state index is 0.148. The number of hydrogen-bond donors (Lipinski definition) is 1. The van der Waals surface area contributed by atoms with E-state index in [4.69, 9.17) is 0 Å². The lowest BCUT2D eigenvalue weighted by atomic mass is 10.0. The van der Waals surface area contributed by atoms with Crippen molar-refractivity contribution >= 4 is 5.78 Å². The van der Waals surface area contributed by atoms with Crippen LogP contribution in [0.3, 0.4) is 0 Å². The summed E-state index contributed by atoms with van der Waals surface area (Å²) in [6, 6.07) is 0. The first-order chi connectivity index (χ1) is 6.63. The van der Waals surface area contributed by atoms with Gasteiger partial charge in [0.1, 0.15) is 5.78 Å². The Hall–Kier alpha value is -0.410. The van der Waals surface area contributed by atoms with Crippen molar-refractivity contribution in [3.63, 3.8) is 0 Å². The van der Waals surface area contributed by atoms with Crippen LogP contribution in [0.1, 0.15) is 33.1 Å². The predicted molar refractivity (Wildman–Crippen MR) is 56.1 cm³/mol. The number of rotatable bonds is 4. The summed E-state index contributed by atoms with van der Waals surface area (Å²) in [4.78, 5) is 13.8. The zero-order valence-corrected chi connectivity index (χ0v) is 9.20. The Bertz CT molecular complexity index is 186. The van der Waals surface area contributed by atoms with Crippen molar-refractivity contribution in [1.29, 1.82) is 0 Å². The van der Waals surface area contributed by atoms with Crippen LogP contribution >= 0.6 is 0 Å². The van der Waals surface area contributed by atoms with E-state index in [1.165, 1.54) is 0 Å². The molecular weight excluding hydrogens is 178 g/mol. The molecule has 0 amide bonds. The van der Waals surface area contributed by atoms with Crippen LogP contribution in [0.5, 0.6) is 0 Å². The second-order valence-corrected chi connectivity index (χ2v) is 4.28. The van der Waals surface area contributed by atoms with Crippen molar-refractivity contribution < 1.29 is 9.90 Å². The molecule has 1 N–H and O–H groups in total. The van der Waals surface area contributed by atoms with Crippen LogP contribution in [0.25, 0.3) is 0 Å². The lowest BCUT2D eigenvalue weighted by Crippen LogP contribution is -2.40. The Morgan fingerprint density at radius 2 is 2.07 bits per heavy atom. The quantitative estimate of drug-likeness (QED) is 0.736. The molecule has 3 heteroatoms. The molecule has 0 aromatic carbocycles. The van der Waals surface area contributed by atoms with Crippen molar-refractivity contribution in [3.05, 3.63) is 0 Å². The van der Waals surface area contributed by atoms with Crippen LogP contribution in [-0.4, -0.2) is 41.5 Å². The topological polar surface area (TPSA) is 40.5 Å². The number of Topliss-reactive ketones (excluding diaryl/α,β-unsaturated/α-hetero) is 1. The summed E-state index contributed by atoms with van der Waals surface area (Å²) < 4.78 is 0. The van der Waals surface area contributed by atoms with Crippen LogP contribution in [0.4, 0.5) is 0 Å². The van der Waals surface area contributed by atoms with E-state index in [9.17, 15) is 9.90 Å². The number of hydrogen-bond acceptors (Lipinski definition) is 3. The van der Waals surface area contributed by atoms with E-state index in [2.05, 4.69) is 4.90 Å². The van der Waals surface area contributed by atoms with Crippen molar-refractivity contribution in [3.8, 4) is 0 Å². The second kappa shape index (κ2) is 5.47. The maximum atomic E-state index is 11.6. The van der Waals surface area contributed by atoms with E-state index in [0.29, 0.717) is 12.3 Å². The summed E-state index contributed by atoms with van der Waals surface area (Å²) in [5, 5.41) is 9.30. The van der Waals surface area contributed by atoms with Crippen LogP contribution < -0.4 is 0 Å². The molecule has 1 saturated heterocycles. The average Bonchev–Trinajstić information content (AvgIpc) is 2.20. The zero-order chi connectivity index (χ0) is 10.6. The molecule has 1 rings (SSSR count). The molecule has 1 atom stereocenters. The molecule has 0 bridgehead atoms. The molecule has 14 heavy (non-hydrogen) atoms. The standard InChI is InChI=1S/C11H21NO2/c1-3-9(2)11(14)8-12-6-4-10(13)5-7-12/h9-10,13H,3-8H2,1-2H3. The van der Waals surface area contributed by atoms with Gasteiger partial charge in [0, 0.05) is 19.0 Å². The molecule has 0 spiro atoms. The van der Waals surface area contributed by atoms with Crippen LogP contribution in [0, 0.1) is 5.92 Å². The molecule has 1 fully saturated rings. The number of nitrogens with zero attached hydrogens (tertiary/aromatic N) is 1. The fraction of sp³-hybridized carbons (Fsp3) is 0.909. The molecule has 0 radical (unpaired) electrons. The monoisotopic (exact) mass is 199 g/mol. The third-order valence-electron chi connectivity index (χ3n) is 3.10. The third-order valence-corrected chi connectivity index (χ3v) is 3.10. The fourth-order valence-corrected chi connectivity index (χ4v) is 1.68. The van der Waals surface area contributed by atoms with Crippen molar-refractivity contribution in [2.45, 2.75) is 39.2 Å². The van der Waals surface area contributed by atoms with Gasteiger partial charge in [-0.2, -0.15) is 0 Å². The molecule has 0 aromatic heterocycles. The van der Waals surface area contributed by atoms with E-state index in [1.54, 1.807) is 0 Å². The first-order valence-electron chi connectivity index (χ1n) is 5.56. The molecule has 1 aliphatic heterocycles. The van der Waals surface area contributed by atoms with Crippen molar-refractivity contribution in [1.82, 2.24) is 4.90 Å². The fourth-order valence-electron chi connectivity index (χ4n) is 1.68. The zero-order valence-electron chi connectivity index (χ0n) is 9.20. The highest BCUT2D eigenvalue weighted by Crippen LogP contribution is 2.11. The normalized spacial score (nSPS) is 22.2. The van der Waals surface area contributed by atoms with Gasteiger partial charge in [-0.05, 0) is 19.3 Å². The molecule has 1 aliphatic rings. The number of likely N-dealkylation sites (tertiary alicyclic amines) is 1. The summed E-state index contributed by atoms with van der Waals surface area (Å²) >= 11 is 0. The summed E-state index contributed by atoms with van der Waals surface area (Å²) in [5.74, 6) is 0.519. The highest BCUT2D eigenvalue weighted by Gasteiger charge is 2.20. The van der Waals surface area contributed by atoms with Gasteiger partial charge in [0.15, 0.2) is 0 Å². The van der Waals surface area contributed by atoms with E-state index in [0.717, 1.165) is 32.4 Å². The molecule has 0 aromatic rings. The number of aliphatic hydroxyl groups excluding tert-OH is 1. The second-order valence-electron chi connectivity index (χ2n) is 4.28. The Morgan fingerprint density at radius 1 is 1.50 bits per heavy atom. The van der Waals surface area contributed by atoms with Gasteiger partial charge in [0.05, 0.1) is 12.6 Å². The van der Waals surface area contributed by atoms with Gasteiger partial charge in [0.25, 0.3) is 0 Å². The number of piperidine rings is 1. The van der Waals surface area contributed by atoms with E-state index >= 15 is 0 Å². The minimum atomic E-state index is -0.148. The van der Waals surface area contributed by atoms with Gasteiger partial charge in [-0.25, -0.2) is 0 Å². The molecule has 82 valence electrons. The summed E-state index contributed by atoms with van der Waals surface area (Å²) in [7, 11) is 0. The number of carbonyl (C=O) groups excluding carboxylic acids is 1. The molecule has 0 saturated carbocycles. The van der Waals surface area contributed by atoms with Crippen LogP contribution in [0.2, 0.25) is 0 Å². The minimum Gasteiger partial charge on any atom is -0.393 e.